The first-order chi connectivity index (χ1) is 29.7. The van der Waals surface area contributed by atoms with Crippen molar-refractivity contribution in [2.45, 2.75) is 26.7 Å². The number of para-hydroxylation sites is 5. The van der Waals surface area contributed by atoms with Gasteiger partial charge in [-0.25, -0.2) is 0 Å². The van der Waals surface area contributed by atoms with Crippen LogP contribution in [0.4, 0.5) is 34.1 Å². The molecule has 0 spiro atoms. The molecule has 4 heteroatoms. The summed E-state index contributed by atoms with van der Waals surface area (Å²) in [6.07, 6.45) is 6.79. The van der Waals surface area contributed by atoms with Gasteiger partial charge in [-0.2, -0.15) is 0 Å². The van der Waals surface area contributed by atoms with E-state index in [4.69, 9.17) is 0 Å². The Labute approximate surface area is 347 Å². The van der Waals surface area contributed by atoms with E-state index in [1.165, 1.54) is 110 Å². The maximum absolute atomic E-state index is 2.59. The van der Waals surface area contributed by atoms with Crippen LogP contribution in [-0.4, -0.2) is 8.80 Å². The van der Waals surface area contributed by atoms with Gasteiger partial charge in [-0.05, 0) is 116 Å². The maximum Gasteiger partial charge on any atom is 0.0641 e. The number of benzene rings is 8. The maximum atomic E-state index is 2.59. The second kappa shape index (κ2) is 12.5. The van der Waals surface area contributed by atoms with Gasteiger partial charge in [0.2, 0.25) is 0 Å². The van der Waals surface area contributed by atoms with Crippen LogP contribution in [-0.2, 0) is 6.42 Å². The molecule has 0 fully saturated rings. The van der Waals surface area contributed by atoms with Crippen LogP contribution < -0.4 is 9.80 Å². The third-order valence-corrected chi connectivity index (χ3v) is 13.3. The Morgan fingerprint density at radius 3 is 1.55 bits per heavy atom. The molecule has 13 rings (SSSR count). The first-order valence-electron chi connectivity index (χ1n) is 21.1. The second-order valence-electron chi connectivity index (χ2n) is 16.5. The Morgan fingerprint density at radius 2 is 0.933 bits per heavy atom. The average molecular weight is 769 g/mol. The molecule has 1 aliphatic carbocycles. The Kier molecular flexibility index (Phi) is 6.95. The standard InChI is InChI=1S/C56H40N4/c1-35-17-9-13-25-45(35)57(37-19-5-3-6-20-37)49-31-29-39-43-33-52-44(34-51(43)59-47-27-15-11-23-41(47)53(49)55(39)59)40-30-32-50(54-42-24-12-16-28-48(42)60(52)56(40)54)58(38-21-7-4-8-22-38)46-26-14-10-18-36(46)2/h3-11,13-23,25-34H,12,24H2,1-2H3. The quantitative estimate of drug-likeness (QED) is 0.167. The second-order valence-corrected chi connectivity index (χ2v) is 16.5. The molecule has 4 heterocycles. The zero-order valence-corrected chi connectivity index (χ0v) is 33.5. The van der Waals surface area contributed by atoms with Gasteiger partial charge in [0.25, 0.3) is 0 Å². The van der Waals surface area contributed by atoms with Gasteiger partial charge in [0.15, 0.2) is 0 Å². The van der Waals surface area contributed by atoms with E-state index in [0.29, 0.717) is 0 Å². The molecule has 0 atom stereocenters. The molecule has 4 nitrogen and oxygen atoms in total. The summed E-state index contributed by atoms with van der Waals surface area (Å²) in [6, 6.07) is 62.7. The molecule has 1 aliphatic rings. The van der Waals surface area contributed by atoms with E-state index in [0.717, 1.165) is 24.2 Å². The minimum absolute atomic E-state index is 1.01. The van der Waals surface area contributed by atoms with Crippen LogP contribution in [0.15, 0.2) is 176 Å². The SMILES string of the molecule is Cc1ccccc1N(c1ccccc1)c1ccc2c3cc4c(cc3n3c5c(c1c23)CCC=C5)c1ccc(N(c2ccccc2)c2ccccc2C)c2c3ccccc3n4c12. The predicted octanol–water partition coefficient (Wildman–Crippen LogP) is 15.3. The van der Waals surface area contributed by atoms with Crippen LogP contribution in [0.1, 0.15) is 28.8 Å². The van der Waals surface area contributed by atoms with E-state index < -0.39 is 0 Å². The minimum Gasteiger partial charge on any atom is -0.310 e. The third kappa shape index (κ3) is 4.45. The van der Waals surface area contributed by atoms with Gasteiger partial charge in [0.1, 0.15) is 0 Å². The highest BCUT2D eigenvalue weighted by Crippen LogP contribution is 2.51. The Balaban J connectivity index is 1.13. The van der Waals surface area contributed by atoms with Gasteiger partial charge in [0.05, 0.1) is 39.0 Å². The van der Waals surface area contributed by atoms with Gasteiger partial charge >= 0.3 is 0 Å². The molecule has 0 saturated heterocycles. The lowest BCUT2D eigenvalue weighted by atomic mass is 9.97. The fraction of sp³-hybridized carbons (Fsp3) is 0.0714. The Bertz CT molecular complexity index is 3680. The third-order valence-electron chi connectivity index (χ3n) is 13.3. The monoisotopic (exact) mass is 768 g/mol. The Morgan fingerprint density at radius 1 is 0.417 bits per heavy atom. The topological polar surface area (TPSA) is 15.3 Å². The lowest BCUT2D eigenvalue weighted by Gasteiger charge is -2.28. The number of anilines is 6. The van der Waals surface area contributed by atoms with Crippen LogP contribution in [0, 0.1) is 13.8 Å². The molecule has 4 aromatic heterocycles. The molecule has 0 N–H and O–H groups in total. The molecule has 0 bridgehead atoms. The van der Waals surface area contributed by atoms with Crippen molar-refractivity contribution in [2.75, 3.05) is 9.80 Å². The van der Waals surface area contributed by atoms with Gasteiger partial charge in [0, 0.05) is 66.1 Å². The van der Waals surface area contributed by atoms with E-state index >= 15 is 0 Å². The van der Waals surface area contributed by atoms with Crippen molar-refractivity contribution in [2.24, 2.45) is 0 Å². The molecule has 8 aromatic carbocycles. The molecular weight excluding hydrogens is 729 g/mol. The van der Waals surface area contributed by atoms with Crippen molar-refractivity contribution in [3.63, 3.8) is 0 Å². The van der Waals surface area contributed by atoms with Crippen LogP contribution in [0.5, 0.6) is 0 Å². The van der Waals surface area contributed by atoms with Crippen molar-refractivity contribution in [3.05, 3.63) is 198 Å². The van der Waals surface area contributed by atoms with Crippen molar-refractivity contribution in [3.8, 4) is 0 Å². The van der Waals surface area contributed by atoms with Crippen LogP contribution in [0.25, 0.3) is 71.4 Å². The van der Waals surface area contributed by atoms with Crippen molar-refractivity contribution < 1.29 is 0 Å². The molecule has 284 valence electrons. The van der Waals surface area contributed by atoms with Crippen molar-refractivity contribution in [1.29, 1.82) is 0 Å². The first-order valence-corrected chi connectivity index (χ1v) is 21.1. The summed E-state index contributed by atoms with van der Waals surface area (Å²) in [5.41, 5.74) is 18.7. The van der Waals surface area contributed by atoms with E-state index in [-0.39, 0.29) is 0 Å². The van der Waals surface area contributed by atoms with Crippen LogP contribution in [0.3, 0.4) is 0 Å². The molecule has 60 heavy (non-hydrogen) atoms. The molecule has 0 unspecified atom stereocenters. The van der Waals surface area contributed by atoms with E-state index in [1.807, 2.05) is 0 Å². The number of hydrogen-bond donors (Lipinski definition) is 0. The van der Waals surface area contributed by atoms with E-state index in [9.17, 15) is 0 Å². The lowest BCUT2D eigenvalue weighted by molar-refractivity contribution is 0.984. The zero-order valence-electron chi connectivity index (χ0n) is 33.5. The highest BCUT2D eigenvalue weighted by atomic mass is 15.2. The number of aryl methyl sites for hydroxylation is 3. The van der Waals surface area contributed by atoms with Gasteiger partial charge in [-0.15, -0.1) is 0 Å². The number of allylic oxidation sites excluding steroid dienone is 1. The summed E-state index contributed by atoms with van der Waals surface area (Å²) in [5.74, 6) is 0. The number of nitrogens with zero attached hydrogens (tertiary/aromatic N) is 4. The van der Waals surface area contributed by atoms with Crippen LogP contribution >= 0.6 is 0 Å². The van der Waals surface area contributed by atoms with Gasteiger partial charge < -0.3 is 18.6 Å². The fourth-order valence-electron chi connectivity index (χ4n) is 10.7. The highest BCUT2D eigenvalue weighted by molar-refractivity contribution is 6.30. The number of hydrogen-bond acceptors (Lipinski definition) is 2. The molecule has 0 amide bonds. The zero-order chi connectivity index (χ0) is 39.6. The summed E-state index contributed by atoms with van der Waals surface area (Å²) in [5, 5.41) is 9.03. The largest absolute Gasteiger partial charge is 0.310 e. The summed E-state index contributed by atoms with van der Waals surface area (Å²) in [4.78, 5) is 4.93. The van der Waals surface area contributed by atoms with Crippen molar-refractivity contribution >= 4 is 105 Å². The molecular formula is C56H40N4. The summed E-state index contributed by atoms with van der Waals surface area (Å²) in [7, 11) is 0. The lowest BCUT2D eigenvalue weighted by Crippen LogP contribution is -2.12. The number of fused-ring (bicyclic) bond motifs is 12. The van der Waals surface area contributed by atoms with Crippen molar-refractivity contribution in [1.82, 2.24) is 8.80 Å². The predicted molar refractivity (Wildman–Crippen MR) is 254 cm³/mol. The molecule has 0 radical (unpaired) electrons. The number of aromatic nitrogens is 2. The normalized spacial score (nSPS) is 13.0. The van der Waals surface area contributed by atoms with Gasteiger partial charge in [-0.3, -0.25) is 0 Å². The molecule has 0 aliphatic heterocycles. The first kappa shape index (κ1) is 33.4. The molecule has 12 aromatic rings. The summed E-state index contributed by atoms with van der Waals surface area (Å²) < 4.78 is 5.13. The number of rotatable bonds is 6. The Hall–Kier alpha value is -7.56. The molecule has 0 saturated carbocycles. The van der Waals surface area contributed by atoms with Crippen LogP contribution in [0.2, 0.25) is 0 Å². The van der Waals surface area contributed by atoms with Gasteiger partial charge in [-0.1, -0.05) is 109 Å². The fourth-order valence-corrected chi connectivity index (χ4v) is 10.7. The van der Waals surface area contributed by atoms with E-state index in [2.05, 4.69) is 214 Å². The van der Waals surface area contributed by atoms with E-state index in [1.54, 1.807) is 0 Å². The summed E-state index contributed by atoms with van der Waals surface area (Å²) >= 11 is 0. The summed E-state index contributed by atoms with van der Waals surface area (Å²) in [6.45, 7) is 4.44. The highest BCUT2D eigenvalue weighted by Gasteiger charge is 2.30. The smallest absolute Gasteiger partial charge is 0.0641 e. The minimum atomic E-state index is 1.01. The average Bonchev–Trinajstić information content (AvgIpc) is 4.02.